The lowest BCUT2D eigenvalue weighted by molar-refractivity contribution is -0.0601. The highest BCUT2D eigenvalue weighted by molar-refractivity contribution is 7.66. The predicted molar refractivity (Wildman–Crippen MR) is 121 cm³/mol. The number of nitrogens with zero attached hydrogens (tertiary/aromatic N) is 2. The molecular weight excluding hydrogens is 551 g/mol. The molecule has 0 spiro atoms. The van der Waals surface area contributed by atoms with Gasteiger partial charge in [0, 0.05) is 12.6 Å². The topological polar surface area (TPSA) is 277 Å². The van der Waals surface area contributed by atoms with Gasteiger partial charge in [-0.15, -0.1) is 0 Å². The van der Waals surface area contributed by atoms with Gasteiger partial charge in [-0.1, -0.05) is 18.8 Å². The third-order valence-corrected chi connectivity index (χ3v) is 8.09. The van der Waals surface area contributed by atoms with E-state index < -0.39 is 54.2 Å². The molecule has 0 aromatic carbocycles. The Kier molecular flexibility index (Phi) is 10.9. The number of hydrogen-bond donors (Lipinski definition) is 7. The molecule has 0 amide bonds. The number of phosphoric acid groups is 3. The lowest BCUT2D eigenvalue weighted by Crippen LogP contribution is -2.31. The van der Waals surface area contributed by atoms with E-state index in [0.717, 1.165) is 4.57 Å². The van der Waals surface area contributed by atoms with Gasteiger partial charge in [-0.05, 0) is 6.54 Å². The molecule has 1 fully saturated rings. The molecule has 0 saturated carbocycles. The molecule has 1 aliphatic heterocycles. The monoisotopic (exact) mass is 577 g/mol. The molecule has 2 heterocycles. The molecule has 18 nitrogen and oxygen atoms in total. The summed E-state index contributed by atoms with van der Waals surface area (Å²) in [5, 5.41) is 2.99. The van der Waals surface area contributed by atoms with E-state index in [1.54, 1.807) is 0 Å². The molecule has 0 radical (unpaired) electrons. The summed E-state index contributed by atoms with van der Waals surface area (Å²) in [5.41, 5.74) is 10.6. The molecule has 36 heavy (non-hydrogen) atoms. The molecule has 0 bridgehead atoms. The Balaban J connectivity index is 2.16. The second-order valence-corrected chi connectivity index (χ2v) is 11.4. The highest BCUT2D eigenvalue weighted by Gasteiger charge is 2.43. The molecule has 21 heteroatoms. The van der Waals surface area contributed by atoms with Gasteiger partial charge in [0.05, 0.1) is 31.5 Å². The summed E-state index contributed by atoms with van der Waals surface area (Å²) in [6, 6.07) is 0. The molecule has 204 valence electrons. The number of nitrogens with two attached hydrogens (primary N) is 2. The van der Waals surface area contributed by atoms with Gasteiger partial charge in [0.1, 0.15) is 18.1 Å². The zero-order chi connectivity index (χ0) is 27.1. The summed E-state index contributed by atoms with van der Waals surface area (Å²) in [6.45, 7) is 1.86. The number of ether oxygens (including phenoxy) is 2. The van der Waals surface area contributed by atoms with Crippen LogP contribution in [0.5, 0.6) is 0 Å². The average Bonchev–Trinajstić information content (AvgIpc) is 3.11. The summed E-state index contributed by atoms with van der Waals surface area (Å²) in [4.78, 5) is 52.2. The van der Waals surface area contributed by atoms with Gasteiger partial charge >= 0.3 is 29.2 Å². The van der Waals surface area contributed by atoms with Gasteiger partial charge in [0.15, 0.2) is 0 Å². The molecule has 1 aromatic rings. The first kappa shape index (κ1) is 30.7. The summed E-state index contributed by atoms with van der Waals surface area (Å²) < 4.78 is 58.2. The fraction of sp³-hybridized carbons (Fsp3) is 0.600. The quantitative estimate of drug-likeness (QED) is 0.0659. The average molecular weight is 577 g/mol. The fourth-order valence-corrected chi connectivity index (χ4v) is 5.93. The van der Waals surface area contributed by atoms with Crippen molar-refractivity contribution < 1.29 is 55.9 Å². The van der Waals surface area contributed by atoms with Crippen LogP contribution in [-0.2, 0) is 36.3 Å². The lowest BCUT2D eigenvalue weighted by atomic mass is 10.2. The summed E-state index contributed by atoms with van der Waals surface area (Å²) in [6.07, 6.45) is -1.75. The van der Waals surface area contributed by atoms with Crippen molar-refractivity contribution in [1.29, 1.82) is 0 Å². The molecule has 1 aliphatic rings. The Labute approximate surface area is 204 Å². The second kappa shape index (κ2) is 12.8. The number of rotatable bonds is 12. The van der Waals surface area contributed by atoms with Crippen molar-refractivity contribution in [3.05, 3.63) is 22.2 Å². The van der Waals surface area contributed by atoms with Gasteiger partial charge in [-0.25, -0.2) is 18.5 Å². The zero-order valence-corrected chi connectivity index (χ0v) is 21.4. The smallest absolute Gasteiger partial charge is 0.382 e. The van der Waals surface area contributed by atoms with Crippen molar-refractivity contribution >= 4 is 29.3 Å². The maximum Gasteiger partial charge on any atom is 0.490 e. The number of nitrogen functional groups attached to an aromatic ring is 1. The van der Waals surface area contributed by atoms with Crippen LogP contribution in [0, 0.1) is 11.8 Å². The zero-order valence-electron chi connectivity index (χ0n) is 18.7. The first-order chi connectivity index (χ1) is 16.7. The molecule has 3 unspecified atom stereocenters. The van der Waals surface area contributed by atoms with Crippen LogP contribution in [0.3, 0.4) is 0 Å². The lowest BCUT2D eigenvalue weighted by Gasteiger charge is -2.21. The molecule has 1 aromatic heterocycles. The Morgan fingerprint density at radius 2 is 1.94 bits per heavy atom. The van der Waals surface area contributed by atoms with Gasteiger partial charge in [-0.2, -0.15) is 13.6 Å². The highest BCUT2D eigenvalue weighted by Crippen LogP contribution is 2.66. The predicted octanol–water partition coefficient (Wildman–Crippen LogP) is -1.28. The summed E-state index contributed by atoms with van der Waals surface area (Å²) in [7, 11) is -16.6. The van der Waals surface area contributed by atoms with E-state index in [4.69, 9.17) is 30.7 Å². The molecule has 1 saturated heterocycles. The minimum atomic E-state index is -5.69. The van der Waals surface area contributed by atoms with Crippen molar-refractivity contribution in [1.82, 2.24) is 14.9 Å². The van der Waals surface area contributed by atoms with E-state index in [1.807, 2.05) is 6.92 Å². The van der Waals surface area contributed by atoms with Crippen LogP contribution in [0.25, 0.3) is 0 Å². The van der Waals surface area contributed by atoms with E-state index in [0.29, 0.717) is 13.1 Å². The molecule has 5 atom stereocenters. The summed E-state index contributed by atoms with van der Waals surface area (Å²) in [5.74, 6) is 5.49. The fourth-order valence-electron chi connectivity index (χ4n) is 2.90. The number of aromatic nitrogens is 2. The second-order valence-electron chi connectivity index (χ2n) is 6.94. The maximum atomic E-state index is 12.4. The van der Waals surface area contributed by atoms with Gasteiger partial charge < -0.3 is 45.8 Å². The van der Waals surface area contributed by atoms with E-state index in [2.05, 4.69) is 35.3 Å². The third kappa shape index (κ3) is 9.75. The van der Waals surface area contributed by atoms with E-state index in [-0.39, 0.29) is 24.5 Å². The largest absolute Gasteiger partial charge is 0.490 e. The normalized spacial score (nSPS) is 23.4. The molecule has 9 N–H and O–H groups in total. The third-order valence-electron chi connectivity index (χ3n) is 4.29. The number of nitrogens with one attached hydrogen (secondary N) is 1. The van der Waals surface area contributed by atoms with Crippen LogP contribution in [0.1, 0.15) is 25.1 Å². The molecule has 2 rings (SSSR count). The van der Waals surface area contributed by atoms with Gasteiger partial charge in [0.25, 0.3) is 0 Å². The van der Waals surface area contributed by atoms with Crippen LogP contribution < -0.4 is 22.5 Å². The number of hydrogen-bond acceptors (Lipinski definition) is 13. The van der Waals surface area contributed by atoms with Crippen molar-refractivity contribution in [2.75, 3.05) is 32.2 Å². The van der Waals surface area contributed by atoms with Crippen LogP contribution in [-0.4, -0.2) is 67.8 Å². The van der Waals surface area contributed by atoms with Crippen molar-refractivity contribution in [3.63, 3.8) is 0 Å². The van der Waals surface area contributed by atoms with Crippen LogP contribution in [0.15, 0.2) is 11.0 Å². The number of phosphoric ester groups is 1. The van der Waals surface area contributed by atoms with E-state index in [9.17, 15) is 28.3 Å². The van der Waals surface area contributed by atoms with Crippen LogP contribution in [0.4, 0.5) is 5.82 Å². The minimum Gasteiger partial charge on any atom is -0.382 e. The highest BCUT2D eigenvalue weighted by atomic mass is 31.3. The van der Waals surface area contributed by atoms with Crippen molar-refractivity contribution in [2.24, 2.45) is 5.73 Å². The molecule has 0 aliphatic carbocycles. The number of anilines is 1. The SMILES string of the molecule is CCNCC#Cc1cn([C@H]2C[C@@H](OCN)C(COP(=O)(O)OP(=O)(O)OP(=O)(O)O)O2)c(=O)nc1N. The van der Waals surface area contributed by atoms with Crippen LogP contribution in [0.2, 0.25) is 0 Å². The van der Waals surface area contributed by atoms with E-state index >= 15 is 0 Å². The van der Waals surface area contributed by atoms with Gasteiger partial charge in [-0.3, -0.25) is 9.09 Å². The summed E-state index contributed by atoms with van der Waals surface area (Å²) >= 11 is 0. The first-order valence-electron chi connectivity index (χ1n) is 10.00. The molecular formula is C15H26N5O13P3. The standard InChI is InChI=1S/C15H26N5O13P3/c1-2-18-5-3-4-10-7-20(15(21)19-14(10)17)13-6-11(29-9-16)12(31-13)8-30-35(25,26)33-36(27,28)32-34(22,23)24/h7,11-13,18H,2,5-6,8-9,16H2,1H3,(H,25,26)(H,27,28)(H2,17,19,21)(H2,22,23,24)/t11-,12?,13-/m1/s1. The Morgan fingerprint density at radius 1 is 1.25 bits per heavy atom. The van der Waals surface area contributed by atoms with Crippen molar-refractivity contribution in [3.8, 4) is 11.8 Å². The van der Waals surface area contributed by atoms with Gasteiger partial charge in [0.2, 0.25) is 0 Å². The maximum absolute atomic E-state index is 12.4. The minimum absolute atomic E-state index is 0.00259. The van der Waals surface area contributed by atoms with E-state index in [1.165, 1.54) is 6.20 Å². The Morgan fingerprint density at radius 3 is 2.56 bits per heavy atom. The van der Waals surface area contributed by atoms with Crippen LogP contribution >= 0.6 is 23.5 Å². The first-order valence-corrected chi connectivity index (χ1v) is 14.5. The van der Waals surface area contributed by atoms with Crippen molar-refractivity contribution in [2.45, 2.75) is 31.8 Å². The Bertz CT molecular complexity index is 1180. The Hall–Kier alpha value is -1.51.